The van der Waals surface area contributed by atoms with Crippen molar-refractivity contribution in [3.63, 3.8) is 0 Å². The molecule has 1 unspecified atom stereocenters. The van der Waals surface area contributed by atoms with Gasteiger partial charge in [0.2, 0.25) is 5.91 Å². The molecular formula is C15H29N3O2. The molecule has 2 fully saturated rings. The first kappa shape index (κ1) is 15.7. The number of carbonyl (C=O) groups is 1. The normalized spacial score (nSPS) is 25.1. The summed E-state index contributed by atoms with van der Waals surface area (Å²) in [6.07, 6.45) is 2.74. The first-order valence-corrected chi connectivity index (χ1v) is 7.98. The number of nitrogens with zero attached hydrogens (tertiary/aromatic N) is 2. The topological polar surface area (TPSA) is 58.8 Å². The Hall–Kier alpha value is -0.650. The van der Waals surface area contributed by atoms with E-state index in [1.165, 1.54) is 0 Å². The molecule has 2 N–H and O–H groups in total. The van der Waals surface area contributed by atoms with Crippen LogP contribution in [0.2, 0.25) is 0 Å². The maximum absolute atomic E-state index is 12.8. The highest BCUT2D eigenvalue weighted by Gasteiger charge is 2.40. The lowest BCUT2D eigenvalue weighted by molar-refractivity contribution is -0.141. The van der Waals surface area contributed by atoms with Gasteiger partial charge >= 0.3 is 0 Å². The van der Waals surface area contributed by atoms with Gasteiger partial charge in [0.05, 0.1) is 18.6 Å². The number of carbonyl (C=O) groups excluding carboxylic acids is 1. The summed E-state index contributed by atoms with van der Waals surface area (Å²) in [5.41, 5.74) is 5.55. The summed E-state index contributed by atoms with van der Waals surface area (Å²) in [6, 6.07) is 0.507. The van der Waals surface area contributed by atoms with Crippen molar-refractivity contribution in [3.8, 4) is 0 Å². The monoisotopic (exact) mass is 283 g/mol. The molecule has 1 amide bonds. The third-order valence-corrected chi connectivity index (χ3v) is 5.21. The number of likely N-dealkylation sites (tertiary alicyclic amines) is 1. The van der Waals surface area contributed by atoms with Crippen molar-refractivity contribution in [3.05, 3.63) is 0 Å². The third kappa shape index (κ3) is 3.00. The third-order valence-electron chi connectivity index (χ3n) is 5.21. The maximum atomic E-state index is 12.8. The minimum Gasteiger partial charge on any atom is -0.379 e. The van der Waals surface area contributed by atoms with E-state index in [4.69, 9.17) is 10.5 Å². The van der Waals surface area contributed by atoms with Crippen molar-refractivity contribution in [2.75, 3.05) is 45.9 Å². The first-order valence-electron chi connectivity index (χ1n) is 7.98. The van der Waals surface area contributed by atoms with E-state index in [-0.39, 0.29) is 11.3 Å². The standard InChI is InChI=1S/C15H29N3O2/c1-3-15(4-2,12-16)14(19)18-6-5-13(11-18)17-7-9-20-10-8-17/h13H,3-12,16H2,1-2H3. The Labute approximate surface area is 122 Å². The second-order valence-corrected chi connectivity index (χ2v) is 6.03. The van der Waals surface area contributed by atoms with Gasteiger partial charge in [0.25, 0.3) is 0 Å². The molecule has 1 atom stereocenters. The molecule has 5 heteroatoms. The fourth-order valence-electron chi connectivity index (χ4n) is 3.43. The van der Waals surface area contributed by atoms with Gasteiger partial charge in [-0.3, -0.25) is 9.69 Å². The Balaban J connectivity index is 1.95. The van der Waals surface area contributed by atoms with E-state index in [9.17, 15) is 4.79 Å². The zero-order valence-corrected chi connectivity index (χ0v) is 12.9. The van der Waals surface area contributed by atoms with Crippen LogP contribution >= 0.6 is 0 Å². The molecule has 2 heterocycles. The molecule has 2 aliphatic heterocycles. The van der Waals surface area contributed by atoms with Crippen molar-refractivity contribution < 1.29 is 9.53 Å². The van der Waals surface area contributed by atoms with Crippen LogP contribution in [0.1, 0.15) is 33.1 Å². The Kier molecular flexibility index (Phi) is 5.41. The molecule has 0 aromatic carbocycles. The van der Waals surface area contributed by atoms with Crippen LogP contribution in [0, 0.1) is 5.41 Å². The van der Waals surface area contributed by atoms with Gasteiger partial charge in [-0.05, 0) is 19.3 Å². The van der Waals surface area contributed by atoms with E-state index in [1.54, 1.807) is 0 Å². The zero-order valence-electron chi connectivity index (χ0n) is 12.9. The maximum Gasteiger partial charge on any atom is 0.230 e. The van der Waals surface area contributed by atoms with Gasteiger partial charge in [-0.25, -0.2) is 0 Å². The minimum atomic E-state index is -0.347. The number of ether oxygens (including phenoxy) is 1. The second-order valence-electron chi connectivity index (χ2n) is 6.03. The largest absolute Gasteiger partial charge is 0.379 e. The predicted octanol–water partition coefficient (Wildman–Crippen LogP) is 0.685. The van der Waals surface area contributed by atoms with E-state index < -0.39 is 0 Å². The number of amides is 1. The molecule has 0 aromatic heterocycles. The van der Waals surface area contributed by atoms with Gasteiger partial charge in [-0.2, -0.15) is 0 Å². The highest BCUT2D eigenvalue weighted by Crippen LogP contribution is 2.30. The van der Waals surface area contributed by atoms with E-state index >= 15 is 0 Å². The molecule has 0 aromatic rings. The summed E-state index contributed by atoms with van der Waals surface area (Å²) in [5, 5.41) is 0. The molecule has 0 aliphatic carbocycles. The van der Waals surface area contributed by atoms with Gasteiger partial charge in [-0.1, -0.05) is 13.8 Å². The smallest absolute Gasteiger partial charge is 0.230 e. The highest BCUT2D eigenvalue weighted by molar-refractivity contribution is 5.83. The number of hydrogen-bond acceptors (Lipinski definition) is 4. The highest BCUT2D eigenvalue weighted by atomic mass is 16.5. The van der Waals surface area contributed by atoms with Gasteiger partial charge in [0.1, 0.15) is 0 Å². The molecule has 2 aliphatic rings. The Morgan fingerprint density at radius 3 is 2.45 bits per heavy atom. The second kappa shape index (κ2) is 6.87. The number of rotatable bonds is 5. The SMILES string of the molecule is CCC(CC)(CN)C(=O)N1CCC(N2CCOCC2)C1. The van der Waals surface area contributed by atoms with Gasteiger partial charge in [0, 0.05) is 38.8 Å². The van der Waals surface area contributed by atoms with Crippen molar-refractivity contribution in [2.45, 2.75) is 39.2 Å². The van der Waals surface area contributed by atoms with E-state index in [2.05, 4.69) is 18.7 Å². The van der Waals surface area contributed by atoms with Crippen LogP contribution in [0.4, 0.5) is 0 Å². The fourth-order valence-corrected chi connectivity index (χ4v) is 3.43. The van der Waals surface area contributed by atoms with Crippen molar-refractivity contribution in [1.29, 1.82) is 0 Å². The summed E-state index contributed by atoms with van der Waals surface area (Å²) in [6.45, 7) is 9.98. The van der Waals surface area contributed by atoms with Crippen LogP contribution in [0.15, 0.2) is 0 Å². The summed E-state index contributed by atoms with van der Waals surface area (Å²) in [5.74, 6) is 0.265. The molecule has 2 rings (SSSR count). The Morgan fingerprint density at radius 1 is 1.25 bits per heavy atom. The molecule has 0 saturated carbocycles. The summed E-state index contributed by atoms with van der Waals surface area (Å²) >= 11 is 0. The minimum absolute atomic E-state index is 0.265. The number of hydrogen-bond donors (Lipinski definition) is 1. The van der Waals surface area contributed by atoms with Crippen LogP contribution < -0.4 is 5.73 Å². The fraction of sp³-hybridized carbons (Fsp3) is 0.933. The molecule has 20 heavy (non-hydrogen) atoms. The van der Waals surface area contributed by atoms with Gasteiger partial charge in [-0.15, -0.1) is 0 Å². The Bertz CT molecular complexity index is 317. The lowest BCUT2D eigenvalue weighted by Gasteiger charge is -2.35. The lowest BCUT2D eigenvalue weighted by Crippen LogP contribution is -2.49. The first-order chi connectivity index (χ1) is 9.66. The van der Waals surface area contributed by atoms with E-state index in [1.807, 2.05) is 4.90 Å². The lowest BCUT2D eigenvalue weighted by atomic mass is 9.81. The van der Waals surface area contributed by atoms with Crippen LogP contribution in [-0.2, 0) is 9.53 Å². The number of nitrogens with two attached hydrogens (primary N) is 1. The molecule has 116 valence electrons. The zero-order chi connectivity index (χ0) is 14.6. The van der Waals surface area contributed by atoms with Crippen LogP contribution in [-0.4, -0.2) is 67.7 Å². The van der Waals surface area contributed by atoms with Crippen LogP contribution in [0.25, 0.3) is 0 Å². The average molecular weight is 283 g/mol. The van der Waals surface area contributed by atoms with Crippen molar-refractivity contribution >= 4 is 5.91 Å². The van der Waals surface area contributed by atoms with E-state index in [0.717, 1.165) is 58.7 Å². The molecule has 2 saturated heterocycles. The summed E-state index contributed by atoms with van der Waals surface area (Å²) in [7, 11) is 0. The number of morpholine rings is 1. The molecule has 0 bridgehead atoms. The van der Waals surface area contributed by atoms with E-state index in [0.29, 0.717) is 12.6 Å². The molecule has 0 spiro atoms. The van der Waals surface area contributed by atoms with Crippen molar-refractivity contribution in [1.82, 2.24) is 9.80 Å². The van der Waals surface area contributed by atoms with Gasteiger partial charge < -0.3 is 15.4 Å². The van der Waals surface area contributed by atoms with Crippen molar-refractivity contribution in [2.24, 2.45) is 11.1 Å². The quantitative estimate of drug-likeness (QED) is 0.806. The summed E-state index contributed by atoms with van der Waals surface area (Å²) in [4.78, 5) is 17.3. The molecular weight excluding hydrogens is 254 g/mol. The predicted molar refractivity (Wildman–Crippen MR) is 79.4 cm³/mol. The van der Waals surface area contributed by atoms with Crippen LogP contribution in [0.5, 0.6) is 0 Å². The van der Waals surface area contributed by atoms with Crippen LogP contribution in [0.3, 0.4) is 0 Å². The molecule has 0 radical (unpaired) electrons. The average Bonchev–Trinajstić information content (AvgIpc) is 3.00. The Morgan fingerprint density at radius 2 is 1.90 bits per heavy atom. The summed E-state index contributed by atoms with van der Waals surface area (Å²) < 4.78 is 5.40. The van der Waals surface area contributed by atoms with Gasteiger partial charge in [0.15, 0.2) is 0 Å². The molecule has 5 nitrogen and oxygen atoms in total.